The van der Waals surface area contributed by atoms with Crippen molar-refractivity contribution in [3.05, 3.63) is 60.8 Å². The highest BCUT2D eigenvalue weighted by atomic mass is 31.2. The Bertz CT molecular complexity index is 1260. The lowest BCUT2D eigenvalue weighted by molar-refractivity contribution is -0.870. The molecule has 0 aliphatic heterocycles. The van der Waals surface area contributed by atoms with Gasteiger partial charge in [0.2, 0.25) is 5.91 Å². The quantitative estimate of drug-likeness (QED) is 0.0272. The van der Waals surface area contributed by atoms with E-state index in [1.54, 1.807) is 6.08 Å². The van der Waals surface area contributed by atoms with Crippen molar-refractivity contribution in [2.45, 2.75) is 257 Å². The van der Waals surface area contributed by atoms with Crippen molar-refractivity contribution in [3.63, 3.8) is 0 Å². The van der Waals surface area contributed by atoms with Crippen LogP contribution in [0.2, 0.25) is 0 Å². The largest absolute Gasteiger partial charge is 0.756 e. The highest BCUT2D eigenvalue weighted by molar-refractivity contribution is 7.45. The Morgan fingerprint density at radius 2 is 0.924 bits per heavy atom. The summed E-state index contributed by atoms with van der Waals surface area (Å²) in [6, 6.07) is -0.888. The molecule has 0 aliphatic carbocycles. The highest BCUT2D eigenvalue weighted by Crippen LogP contribution is 2.38. The number of amides is 1. The molecule has 2 N–H and O–H groups in total. The molecule has 3 atom stereocenters. The van der Waals surface area contributed by atoms with Crippen LogP contribution < -0.4 is 10.2 Å². The maximum absolute atomic E-state index is 13.0. The zero-order chi connectivity index (χ0) is 48.5. The molecule has 0 aromatic rings. The Kier molecular flexibility index (Phi) is 46.9. The number of phosphoric ester groups is 1. The number of phosphoric acid groups is 1. The van der Waals surface area contributed by atoms with Gasteiger partial charge in [0, 0.05) is 6.42 Å². The van der Waals surface area contributed by atoms with Crippen molar-refractivity contribution in [1.82, 2.24) is 5.32 Å². The monoisotopic (exact) mass is 947 g/mol. The van der Waals surface area contributed by atoms with Gasteiger partial charge in [-0.1, -0.05) is 242 Å². The number of carbonyl (C=O) groups is 1. The van der Waals surface area contributed by atoms with E-state index < -0.39 is 20.0 Å². The molecule has 3 unspecified atom stereocenters. The van der Waals surface area contributed by atoms with Crippen molar-refractivity contribution >= 4 is 13.7 Å². The van der Waals surface area contributed by atoms with Crippen LogP contribution in [0.1, 0.15) is 245 Å². The molecule has 0 aromatic heterocycles. The second-order valence-electron chi connectivity index (χ2n) is 19.9. The van der Waals surface area contributed by atoms with Crippen LogP contribution in [-0.2, 0) is 18.4 Å². The standard InChI is InChI=1S/C57H107N2O6P/c1-6-8-10-12-14-16-18-20-22-24-25-26-27-28-29-30-31-32-33-35-37-39-41-43-45-47-49-51-57(61)58-55(54-65-66(62,63)64-53-52-59(3,4)5)56(60)50-48-46-44-42-40-38-36-34-23-21-19-17-15-13-11-9-7-2/h8,10,14,16,20,22,25-26,48,50,55-56,60H,6-7,9,11-13,15,17-19,21,23-24,27-47,49,51-54H2,1-5H3,(H-,58,61,62,63)/b10-8-,16-14-,22-20-,26-25-,50-48+. The van der Waals surface area contributed by atoms with E-state index in [4.69, 9.17) is 9.05 Å². The van der Waals surface area contributed by atoms with Gasteiger partial charge in [-0.05, 0) is 57.8 Å². The Labute approximate surface area is 409 Å². The number of nitrogens with zero attached hydrogens (tertiary/aromatic N) is 1. The van der Waals surface area contributed by atoms with Gasteiger partial charge in [0.15, 0.2) is 0 Å². The van der Waals surface area contributed by atoms with Gasteiger partial charge < -0.3 is 28.8 Å². The zero-order valence-corrected chi connectivity index (χ0v) is 44.8. The average molecular weight is 947 g/mol. The first-order chi connectivity index (χ1) is 32.0. The van der Waals surface area contributed by atoms with E-state index in [0.29, 0.717) is 17.4 Å². The number of carbonyl (C=O) groups excluding carboxylic acids is 1. The highest BCUT2D eigenvalue weighted by Gasteiger charge is 2.23. The third kappa shape index (κ3) is 50.1. The minimum atomic E-state index is -4.60. The van der Waals surface area contributed by atoms with Gasteiger partial charge in [0.25, 0.3) is 7.82 Å². The third-order valence-corrected chi connectivity index (χ3v) is 13.2. The lowest BCUT2D eigenvalue weighted by Gasteiger charge is -2.29. The number of unbranched alkanes of at least 4 members (excludes halogenated alkanes) is 29. The molecule has 0 fully saturated rings. The van der Waals surface area contributed by atoms with Crippen LogP contribution in [0.4, 0.5) is 0 Å². The number of quaternary nitrogens is 1. The fraction of sp³-hybridized carbons (Fsp3) is 0.807. The van der Waals surface area contributed by atoms with Crippen LogP contribution >= 0.6 is 7.82 Å². The van der Waals surface area contributed by atoms with Crippen LogP contribution in [0, 0.1) is 0 Å². The Hall–Kier alpha value is -1.80. The summed E-state index contributed by atoms with van der Waals surface area (Å²) in [5.41, 5.74) is 0. The number of hydrogen-bond donors (Lipinski definition) is 2. The fourth-order valence-corrected chi connectivity index (χ4v) is 8.63. The predicted octanol–water partition coefficient (Wildman–Crippen LogP) is 15.9. The fourth-order valence-electron chi connectivity index (χ4n) is 7.91. The van der Waals surface area contributed by atoms with E-state index in [9.17, 15) is 19.4 Å². The van der Waals surface area contributed by atoms with E-state index in [2.05, 4.69) is 67.8 Å². The average Bonchev–Trinajstić information content (AvgIpc) is 3.28. The normalized spacial score (nSPS) is 14.5. The molecule has 0 aliphatic rings. The van der Waals surface area contributed by atoms with Crippen LogP contribution in [0.25, 0.3) is 0 Å². The second-order valence-corrected chi connectivity index (χ2v) is 21.3. The first-order valence-corrected chi connectivity index (χ1v) is 29.1. The molecule has 9 heteroatoms. The summed E-state index contributed by atoms with van der Waals surface area (Å²) in [7, 11) is 1.26. The summed E-state index contributed by atoms with van der Waals surface area (Å²) in [4.78, 5) is 25.5. The molecule has 0 radical (unpaired) electrons. The van der Waals surface area contributed by atoms with Gasteiger partial charge >= 0.3 is 0 Å². The molecule has 0 saturated carbocycles. The summed E-state index contributed by atoms with van der Waals surface area (Å²) in [5.74, 6) is -0.198. The van der Waals surface area contributed by atoms with Gasteiger partial charge in [-0.3, -0.25) is 9.36 Å². The molecule has 0 spiro atoms. The first kappa shape index (κ1) is 64.2. The van der Waals surface area contributed by atoms with Crippen LogP contribution in [-0.4, -0.2) is 68.5 Å². The molecule has 0 aromatic carbocycles. The summed E-state index contributed by atoms with van der Waals surface area (Å²) in [6.07, 6.45) is 64.2. The third-order valence-electron chi connectivity index (χ3n) is 12.2. The molecular formula is C57H107N2O6P. The van der Waals surface area contributed by atoms with Crippen molar-refractivity contribution in [3.8, 4) is 0 Å². The van der Waals surface area contributed by atoms with Crippen molar-refractivity contribution in [2.75, 3.05) is 40.9 Å². The van der Waals surface area contributed by atoms with Crippen LogP contribution in [0.5, 0.6) is 0 Å². The summed E-state index contributed by atoms with van der Waals surface area (Å²) < 4.78 is 23.3. The van der Waals surface area contributed by atoms with Gasteiger partial charge in [0.1, 0.15) is 13.2 Å². The molecule has 386 valence electrons. The van der Waals surface area contributed by atoms with Crippen molar-refractivity contribution in [1.29, 1.82) is 0 Å². The molecule has 0 bridgehead atoms. The first-order valence-electron chi connectivity index (χ1n) is 27.7. The summed E-state index contributed by atoms with van der Waals surface area (Å²) in [6.45, 7) is 4.55. The van der Waals surface area contributed by atoms with E-state index in [1.165, 1.54) is 161 Å². The molecule has 66 heavy (non-hydrogen) atoms. The topological polar surface area (TPSA) is 108 Å². The van der Waals surface area contributed by atoms with E-state index >= 15 is 0 Å². The van der Waals surface area contributed by atoms with E-state index in [1.807, 2.05) is 27.2 Å². The second kappa shape index (κ2) is 48.2. The molecular weight excluding hydrogens is 840 g/mol. The van der Waals surface area contributed by atoms with Crippen LogP contribution in [0.3, 0.4) is 0 Å². The Morgan fingerprint density at radius 1 is 0.545 bits per heavy atom. The van der Waals surface area contributed by atoms with Crippen molar-refractivity contribution < 1.29 is 32.9 Å². The number of rotatable bonds is 50. The zero-order valence-electron chi connectivity index (χ0n) is 43.9. The Balaban J connectivity index is 4.20. The molecule has 8 nitrogen and oxygen atoms in total. The number of aliphatic hydroxyl groups excluding tert-OH is 1. The summed E-state index contributed by atoms with van der Waals surface area (Å²) in [5, 5.41) is 13.9. The lowest BCUT2D eigenvalue weighted by atomic mass is 10.0. The predicted molar refractivity (Wildman–Crippen MR) is 284 cm³/mol. The summed E-state index contributed by atoms with van der Waals surface area (Å²) >= 11 is 0. The lowest BCUT2D eigenvalue weighted by Crippen LogP contribution is -2.45. The van der Waals surface area contributed by atoms with Crippen molar-refractivity contribution in [2.24, 2.45) is 0 Å². The smallest absolute Gasteiger partial charge is 0.268 e. The molecule has 0 saturated heterocycles. The maximum atomic E-state index is 13.0. The van der Waals surface area contributed by atoms with E-state index in [0.717, 1.165) is 64.2 Å². The Morgan fingerprint density at radius 3 is 1.35 bits per heavy atom. The van der Waals surface area contributed by atoms with Gasteiger partial charge in [-0.15, -0.1) is 0 Å². The number of allylic oxidation sites excluding steroid dienone is 9. The number of aliphatic hydroxyl groups is 1. The number of hydrogen-bond acceptors (Lipinski definition) is 6. The SMILES string of the molecule is CC/C=C\C/C=C\C/C=C\C/C=C\CCCCCCCCCCCCCCCCC(=O)NC(COP(=O)([O-])OCC[N+](C)(C)C)C(O)/C=C/CCCCCCCCCCCCCCCCC. The minimum absolute atomic E-state index is 0.00200. The van der Waals surface area contributed by atoms with Gasteiger partial charge in [-0.2, -0.15) is 0 Å². The number of nitrogens with one attached hydrogen (secondary N) is 1. The minimum Gasteiger partial charge on any atom is -0.756 e. The number of likely N-dealkylation sites (N-methyl/N-ethyl adjacent to an activating group) is 1. The van der Waals surface area contributed by atoms with Gasteiger partial charge in [0.05, 0.1) is 39.9 Å². The molecule has 1 amide bonds. The molecule has 0 heterocycles. The van der Waals surface area contributed by atoms with E-state index in [-0.39, 0.29) is 19.1 Å². The maximum Gasteiger partial charge on any atom is 0.268 e. The molecule has 0 rings (SSSR count). The van der Waals surface area contributed by atoms with Crippen LogP contribution in [0.15, 0.2) is 60.8 Å². The van der Waals surface area contributed by atoms with Gasteiger partial charge in [-0.25, -0.2) is 0 Å².